The number of rotatable bonds is 3. The maximum absolute atomic E-state index is 5.51. The third kappa shape index (κ3) is 2.57. The van der Waals surface area contributed by atoms with Crippen LogP contribution >= 0.6 is 0 Å². The SMILES string of the molecule is CC(C(=Nc1ccccc1)NN)C1CC1. The second-order valence-electron chi connectivity index (χ2n) is 4.10. The minimum absolute atomic E-state index is 0.440. The number of nitrogens with two attached hydrogens (primary N) is 1. The lowest BCUT2D eigenvalue weighted by atomic mass is 10.1. The van der Waals surface area contributed by atoms with Crippen molar-refractivity contribution in [2.24, 2.45) is 22.7 Å². The van der Waals surface area contributed by atoms with Gasteiger partial charge < -0.3 is 5.43 Å². The third-order valence-electron chi connectivity index (χ3n) is 2.91. The van der Waals surface area contributed by atoms with E-state index in [1.807, 2.05) is 30.3 Å². The molecule has 1 aromatic rings. The Kier molecular flexibility index (Phi) is 3.02. The van der Waals surface area contributed by atoms with Gasteiger partial charge in [0.05, 0.1) is 5.69 Å². The van der Waals surface area contributed by atoms with Gasteiger partial charge in [-0.15, -0.1) is 0 Å². The molecule has 2 rings (SSSR count). The van der Waals surface area contributed by atoms with Gasteiger partial charge in [-0.1, -0.05) is 25.1 Å². The molecule has 0 spiro atoms. The number of benzene rings is 1. The molecule has 15 heavy (non-hydrogen) atoms. The molecule has 0 amide bonds. The molecule has 3 N–H and O–H groups in total. The van der Waals surface area contributed by atoms with E-state index in [-0.39, 0.29) is 0 Å². The molecule has 0 heterocycles. The van der Waals surface area contributed by atoms with Gasteiger partial charge in [0.1, 0.15) is 5.84 Å². The largest absolute Gasteiger partial charge is 0.312 e. The van der Waals surface area contributed by atoms with Crippen molar-refractivity contribution in [3.63, 3.8) is 0 Å². The fourth-order valence-corrected chi connectivity index (χ4v) is 1.73. The van der Waals surface area contributed by atoms with Gasteiger partial charge in [-0.05, 0) is 30.9 Å². The van der Waals surface area contributed by atoms with Gasteiger partial charge in [0, 0.05) is 5.92 Å². The van der Waals surface area contributed by atoms with Crippen LogP contribution in [0, 0.1) is 11.8 Å². The molecule has 0 radical (unpaired) electrons. The summed E-state index contributed by atoms with van der Waals surface area (Å²) in [5, 5.41) is 0. The molecule has 1 unspecified atom stereocenters. The molecule has 80 valence electrons. The predicted molar refractivity (Wildman–Crippen MR) is 62.7 cm³/mol. The Morgan fingerprint density at radius 3 is 2.60 bits per heavy atom. The van der Waals surface area contributed by atoms with E-state index in [2.05, 4.69) is 17.3 Å². The summed E-state index contributed by atoms with van der Waals surface area (Å²) in [5.74, 6) is 7.61. The molecule has 1 fully saturated rings. The zero-order chi connectivity index (χ0) is 10.7. The van der Waals surface area contributed by atoms with Crippen LogP contribution < -0.4 is 11.3 Å². The van der Waals surface area contributed by atoms with Crippen LogP contribution in [0.5, 0.6) is 0 Å². The smallest absolute Gasteiger partial charge is 0.119 e. The first-order valence-electron chi connectivity index (χ1n) is 5.41. The van der Waals surface area contributed by atoms with Gasteiger partial charge >= 0.3 is 0 Å². The van der Waals surface area contributed by atoms with Crippen molar-refractivity contribution in [3.8, 4) is 0 Å². The van der Waals surface area contributed by atoms with Crippen LogP contribution in [0.15, 0.2) is 35.3 Å². The lowest BCUT2D eigenvalue weighted by Crippen LogP contribution is -2.35. The van der Waals surface area contributed by atoms with E-state index in [1.165, 1.54) is 12.8 Å². The summed E-state index contributed by atoms with van der Waals surface area (Å²) >= 11 is 0. The zero-order valence-electron chi connectivity index (χ0n) is 8.98. The highest BCUT2D eigenvalue weighted by molar-refractivity contribution is 5.86. The average Bonchev–Trinajstić information content (AvgIpc) is 3.10. The van der Waals surface area contributed by atoms with Crippen molar-refractivity contribution in [2.75, 3.05) is 0 Å². The minimum Gasteiger partial charge on any atom is -0.312 e. The molecular formula is C12H17N3. The Bertz CT molecular complexity index is 341. The Labute approximate surface area is 90.4 Å². The fourth-order valence-electron chi connectivity index (χ4n) is 1.73. The van der Waals surface area contributed by atoms with Crippen molar-refractivity contribution in [2.45, 2.75) is 19.8 Å². The van der Waals surface area contributed by atoms with Crippen LogP contribution in [0.3, 0.4) is 0 Å². The zero-order valence-corrected chi connectivity index (χ0v) is 8.98. The van der Waals surface area contributed by atoms with Crippen LogP contribution in [-0.2, 0) is 0 Å². The van der Waals surface area contributed by atoms with Crippen LogP contribution in [0.25, 0.3) is 0 Å². The highest BCUT2D eigenvalue weighted by Gasteiger charge is 2.30. The van der Waals surface area contributed by atoms with Gasteiger partial charge in [0.2, 0.25) is 0 Å². The van der Waals surface area contributed by atoms with Crippen molar-refractivity contribution in [1.29, 1.82) is 0 Å². The van der Waals surface area contributed by atoms with Crippen molar-refractivity contribution in [3.05, 3.63) is 30.3 Å². The Morgan fingerprint density at radius 1 is 1.40 bits per heavy atom. The summed E-state index contributed by atoms with van der Waals surface area (Å²) in [4.78, 5) is 4.52. The number of hydrogen-bond donors (Lipinski definition) is 2. The predicted octanol–water partition coefficient (Wildman–Crippen LogP) is 2.23. The van der Waals surface area contributed by atoms with E-state index in [9.17, 15) is 0 Å². The van der Waals surface area contributed by atoms with Gasteiger partial charge in [-0.25, -0.2) is 10.8 Å². The summed E-state index contributed by atoms with van der Waals surface area (Å²) in [6, 6.07) is 9.91. The van der Waals surface area contributed by atoms with E-state index in [0.717, 1.165) is 17.4 Å². The Balaban J connectivity index is 2.14. The quantitative estimate of drug-likeness (QED) is 0.342. The van der Waals surface area contributed by atoms with Crippen LogP contribution in [0.2, 0.25) is 0 Å². The second kappa shape index (κ2) is 4.45. The van der Waals surface area contributed by atoms with E-state index < -0.39 is 0 Å². The highest BCUT2D eigenvalue weighted by Crippen LogP contribution is 2.37. The molecule has 1 aromatic carbocycles. The molecule has 0 aromatic heterocycles. The molecule has 1 atom stereocenters. The van der Waals surface area contributed by atoms with Crippen molar-refractivity contribution >= 4 is 11.5 Å². The van der Waals surface area contributed by atoms with Gasteiger partial charge in [-0.3, -0.25) is 0 Å². The van der Waals surface area contributed by atoms with Crippen LogP contribution in [0.4, 0.5) is 5.69 Å². The lowest BCUT2D eigenvalue weighted by molar-refractivity contribution is 0.641. The number of hydrazine groups is 1. The lowest BCUT2D eigenvalue weighted by Gasteiger charge is -2.12. The summed E-state index contributed by atoms with van der Waals surface area (Å²) in [6.45, 7) is 2.18. The van der Waals surface area contributed by atoms with Crippen LogP contribution in [0.1, 0.15) is 19.8 Å². The van der Waals surface area contributed by atoms with Crippen molar-refractivity contribution in [1.82, 2.24) is 5.43 Å². The van der Waals surface area contributed by atoms with Gasteiger partial charge in [0.15, 0.2) is 0 Å². The number of amidine groups is 1. The van der Waals surface area contributed by atoms with Gasteiger partial charge in [0.25, 0.3) is 0 Å². The topological polar surface area (TPSA) is 50.4 Å². The van der Waals surface area contributed by atoms with E-state index in [1.54, 1.807) is 0 Å². The molecular weight excluding hydrogens is 186 g/mol. The number of aliphatic imine (C=N–C) groups is 1. The Hall–Kier alpha value is -1.35. The number of nitrogens with one attached hydrogen (secondary N) is 1. The Morgan fingerprint density at radius 2 is 2.07 bits per heavy atom. The first-order valence-corrected chi connectivity index (χ1v) is 5.41. The first-order chi connectivity index (χ1) is 7.31. The molecule has 3 nitrogen and oxygen atoms in total. The fraction of sp³-hybridized carbons (Fsp3) is 0.417. The monoisotopic (exact) mass is 203 g/mol. The minimum atomic E-state index is 0.440. The molecule has 1 aliphatic carbocycles. The van der Waals surface area contributed by atoms with E-state index in [4.69, 9.17) is 5.84 Å². The molecule has 3 heteroatoms. The normalized spacial score (nSPS) is 18.7. The molecule has 0 bridgehead atoms. The number of hydrogen-bond acceptors (Lipinski definition) is 2. The first kappa shape index (κ1) is 10.2. The second-order valence-corrected chi connectivity index (χ2v) is 4.10. The summed E-state index contributed by atoms with van der Waals surface area (Å²) in [7, 11) is 0. The van der Waals surface area contributed by atoms with E-state index >= 15 is 0 Å². The van der Waals surface area contributed by atoms with Crippen LogP contribution in [-0.4, -0.2) is 5.84 Å². The summed E-state index contributed by atoms with van der Waals surface area (Å²) in [5.41, 5.74) is 3.68. The highest BCUT2D eigenvalue weighted by atomic mass is 15.3. The molecule has 1 aliphatic rings. The van der Waals surface area contributed by atoms with Gasteiger partial charge in [-0.2, -0.15) is 0 Å². The number of para-hydroxylation sites is 1. The molecule has 0 aliphatic heterocycles. The number of nitrogens with zero attached hydrogens (tertiary/aromatic N) is 1. The summed E-state index contributed by atoms with van der Waals surface area (Å²) in [6.07, 6.45) is 2.60. The third-order valence-corrected chi connectivity index (χ3v) is 2.91. The van der Waals surface area contributed by atoms with Crippen molar-refractivity contribution < 1.29 is 0 Å². The molecule has 1 saturated carbocycles. The van der Waals surface area contributed by atoms with E-state index in [0.29, 0.717) is 5.92 Å². The molecule has 0 saturated heterocycles. The standard InChI is InChI=1S/C12H17N3/c1-9(10-7-8-10)12(15-13)14-11-5-3-2-4-6-11/h2-6,9-10H,7-8,13H2,1H3,(H,14,15). The maximum Gasteiger partial charge on any atom is 0.119 e. The maximum atomic E-state index is 5.51. The summed E-state index contributed by atoms with van der Waals surface area (Å²) < 4.78 is 0. The average molecular weight is 203 g/mol.